The van der Waals surface area contributed by atoms with E-state index in [9.17, 15) is 4.79 Å². The van der Waals surface area contributed by atoms with Crippen LogP contribution in [0.25, 0.3) is 32.9 Å². The molecule has 8 rings (SSSR count). The number of rotatable bonds is 5. The van der Waals surface area contributed by atoms with Gasteiger partial charge in [0.25, 0.3) is 0 Å². The van der Waals surface area contributed by atoms with Gasteiger partial charge in [-0.25, -0.2) is 9.18 Å². The molecule has 1 amide bonds. The number of carbonyl (C=O) groups is 1. The van der Waals surface area contributed by atoms with Gasteiger partial charge < -0.3 is 14.4 Å². The summed E-state index contributed by atoms with van der Waals surface area (Å²) in [6, 6.07) is 11.4. The Labute approximate surface area is 291 Å². The first-order chi connectivity index (χ1) is 23.3. The number of piperazine rings is 1. The Morgan fingerprint density at radius 2 is 1.82 bits per heavy atom. The van der Waals surface area contributed by atoms with E-state index in [-0.39, 0.29) is 46.4 Å². The van der Waals surface area contributed by atoms with Gasteiger partial charge in [0.15, 0.2) is 5.82 Å². The van der Waals surface area contributed by atoms with E-state index in [1.54, 1.807) is 12.3 Å². The Morgan fingerprint density at radius 3 is 2.55 bits per heavy atom. The Morgan fingerprint density at radius 1 is 1.08 bits per heavy atom. The summed E-state index contributed by atoms with van der Waals surface area (Å²) in [4.78, 5) is 34.2. The summed E-state index contributed by atoms with van der Waals surface area (Å²) in [5, 5.41) is 2.67. The summed E-state index contributed by atoms with van der Waals surface area (Å²) in [5.41, 5.74) is 0.461. The van der Waals surface area contributed by atoms with Crippen molar-refractivity contribution >= 4 is 45.2 Å². The topological polar surface area (TPSA) is 83.9 Å². The quantitative estimate of drug-likeness (QED) is 0.210. The average Bonchev–Trinajstić information content (AvgIpc) is 3.63. The number of amides is 1. The predicted octanol–water partition coefficient (Wildman–Crippen LogP) is 7.87. The minimum atomic E-state index is -0.582. The number of ether oxygens (including phenoxy) is 2. The first-order valence-electron chi connectivity index (χ1n) is 17.5. The molecule has 4 saturated heterocycles. The second-order valence-electron chi connectivity index (χ2n) is 16.2. The molecular weight excluding hydrogens is 643 g/mol. The Balaban J connectivity index is 1.20. The number of pyridine rings is 1. The van der Waals surface area contributed by atoms with Crippen LogP contribution in [-0.4, -0.2) is 86.9 Å². The van der Waals surface area contributed by atoms with Gasteiger partial charge in [0.2, 0.25) is 0 Å². The normalized spacial score (nSPS) is 25.0. The highest BCUT2D eigenvalue weighted by atomic mass is 35.5. The van der Waals surface area contributed by atoms with Crippen LogP contribution >= 0.6 is 11.6 Å². The van der Waals surface area contributed by atoms with E-state index in [0.717, 1.165) is 56.0 Å². The van der Waals surface area contributed by atoms with Crippen molar-refractivity contribution in [3.05, 3.63) is 53.4 Å². The SMILES string of the molecule is CC1(C)CN2CCCC2(COc2nc(N3C[C@H]4CC[C@@H](C3)N4C(=O)OC(C)(C)C)c3cnc(-c4cccc5cccc(Cl)c45)c(F)c3n2)C1. The smallest absolute Gasteiger partial charge is 0.410 e. The number of hydrogen-bond acceptors (Lipinski definition) is 8. The van der Waals surface area contributed by atoms with Crippen LogP contribution in [0.4, 0.5) is 15.0 Å². The lowest BCUT2D eigenvalue weighted by Crippen LogP contribution is -2.57. The van der Waals surface area contributed by atoms with Crippen molar-refractivity contribution in [2.45, 2.75) is 89.9 Å². The molecule has 3 atom stereocenters. The Hall–Kier alpha value is -3.76. The van der Waals surface area contributed by atoms with E-state index in [0.29, 0.717) is 41.5 Å². The van der Waals surface area contributed by atoms with E-state index >= 15 is 4.39 Å². The number of anilines is 1. The molecular formula is C38H44ClFN6O3. The zero-order valence-corrected chi connectivity index (χ0v) is 29.7. The summed E-state index contributed by atoms with van der Waals surface area (Å²) in [7, 11) is 0. The lowest BCUT2D eigenvalue weighted by atomic mass is 9.83. The van der Waals surface area contributed by atoms with Crippen LogP contribution in [0.15, 0.2) is 42.6 Å². The lowest BCUT2D eigenvalue weighted by molar-refractivity contribution is 0.0122. The van der Waals surface area contributed by atoms with Gasteiger partial charge >= 0.3 is 12.1 Å². The van der Waals surface area contributed by atoms with E-state index < -0.39 is 11.4 Å². The molecule has 4 aliphatic heterocycles. The lowest BCUT2D eigenvalue weighted by Gasteiger charge is -2.42. The van der Waals surface area contributed by atoms with Gasteiger partial charge in [-0.05, 0) is 76.3 Å². The molecule has 11 heteroatoms. The van der Waals surface area contributed by atoms with Gasteiger partial charge in [-0.3, -0.25) is 14.8 Å². The average molecular weight is 687 g/mol. The maximum absolute atomic E-state index is 16.9. The van der Waals surface area contributed by atoms with Crippen LogP contribution in [-0.2, 0) is 4.74 Å². The summed E-state index contributed by atoms with van der Waals surface area (Å²) >= 11 is 6.66. The molecule has 258 valence electrons. The first-order valence-corrected chi connectivity index (χ1v) is 17.9. The molecule has 4 fully saturated rings. The number of fused-ring (bicyclic) bond motifs is 5. The number of hydrogen-bond donors (Lipinski definition) is 0. The minimum absolute atomic E-state index is 0.0513. The third kappa shape index (κ3) is 5.74. The number of halogens is 2. The molecule has 49 heavy (non-hydrogen) atoms. The third-order valence-corrected chi connectivity index (χ3v) is 11.1. The highest BCUT2D eigenvalue weighted by Gasteiger charge is 2.52. The fraction of sp³-hybridized carbons (Fsp3) is 0.526. The van der Waals surface area contributed by atoms with Crippen LogP contribution in [0.2, 0.25) is 5.02 Å². The van der Waals surface area contributed by atoms with Crippen molar-refractivity contribution in [1.29, 1.82) is 0 Å². The summed E-state index contributed by atoms with van der Waals surface area (Å²) in [5.74, 6) is 0.0265. The maximum atomic E-state index is 16.9. The highest BCUT2D eigenvalue weighted by Crippen LogP contribution is 2.47. The van der Waals surface area contributed by atoms with E-state index in [1.807, 2.05) is 56.0 Å². The molecule has 4 aliphatic rings. The highest BCUT2D eigenvalue weighted by molar-refractivity contribution is 6.36. The zero-order chi connectivity index (χ0) is 34.3. The fourth-order valence-electron chi connectivity index (χ4n) is 9.01. The molecule has 4 aromatic rings. The minimum Gasteiger partial charge on any atom is -0.461 e. The molecule has 0 saturated carbocycles. The second-order valence-corrected chi connectivity index (χ2v) is 16.6. The van der Waals surface area contributed by atoms with Crippen LogP contribution < -0.4 is 9.64 Å². The van der Waals surface area contributed by atoms with Crippen LogP contribution in [0, 0.1) is 11.2 Å². The van der Waals surface area contributed by atoms with Gasteiger partial charge in [-0.15, -0.1) is 0 Å². The molecule has 2 aromatic heterocycles. The molecule has 2 bridgehead atoms. The number of nitrogens with zero attached hydrogens (tertiary/aromatic N) is 6. The zero-order valence-electron chi connectivity index (χ0n) is 28.9. The molecule has 0 N–H and O–H groups in total. The van der Waals surface area contributed by atoms with E-state index in [2.05, 4.69) is 28.6 Å². The predicted molar refractivity (Wildman–Crippen MR) is 190 cm³/mol. The Kier molecular flexibility index (Phi) is 7.72. The van der Waals surface area contributed by atoms with Crippen molar-refractivity contribution < 1.29 is 18.7 Å². The molecule has 1 unspecified atom stereocenters. The monoisotopic (exact) mass is 686 g/mol. The van der Waals surface area contributed by atoms with Crippen molar-refractivity contribution in [3.63, 3.8) is 0 Å². The van der Waals surface area contributed by atoms with Crippen LogP contribution in [0.3, 0.4) is 0 Å². The number of benzene rings is 2. The number of aromatic nitrogens is 3. The summed E-state index contributed by atoms with van der Waals surface area (Å²) in [6.45, 7) is 13.9. The molecule has 2 aromatic carbocycles. The van der Waals surface area contributed by atoms with Gasteiger partial charge in [0.05, 0.1) is 23.0 Å². The molecule has 0 radical (unpaired) electrons. The number of carbonyl (C=O) groups excluding carboxylic acids is 1. The fourth-order valence-corrected chi connectivity index (χ4v) is 9.30. The van der Waals surface area contributed by atoms with Crippen molar-refractivity contribution in [2.75, 3.05) is 37.7 Å². The molecule has 6 heterocycles. The van der Waals surface area contributed by atoms with E-state index in [4.69, 9.17) is 31.0 Å². The van der Waals surface area contributed by atoms with Gasteiger partial charge in [-0.1, -0.05) is 55.8 Å². The molecule has 0 aliphatic carbocycles. The largest absolute Gasteiger partial charge is 0.461 e. The van der Waals surface area contributed by atoms with Gasteiger partial charge in [-0.2, -0.15) is 9.97 Å². The van der Waals surface area contributed by atoms with E-state index in [1.165, 1.54) is 0 Å². The summed E-state index contributed by atoms with van der Waals surface area (Å²) < 4.78 is 29.2. The van der Waals surface area contributed by atoms with Crippen molar-refractivity contribution in [1.82, 2.24) is 24.8 Å². The van der Waals surface area contributed by atoms with Crippen molar-refractivity contribution in [2.24, 2.45) is 5.41 Å². The second kappa shape index (κ2) is 11.7. The maximum Gasteiger partial charge on any atom is 0.410 e. The van der Waals surface area contributed by atoms with Gasteiger partial charge in [0, 0.05) is 41.8 Å². The molecule has 0 spiro atoms. The first kappa shape index (κ1) is 32.4. The van der Waals surface area contributed by atoms with Crippen LogP contribution in [0.5, 0.6) is 6.01 Å². The summed E-state index contributed by atoms with van der Waals surface area (Å²) in [6.07, 6.45) is 6.31. The Bertz CT molecular complexity index is 1950. The standard InChI is InChI=1S/C38H44ClFN6O3/c1-36(2,3)49-35(47)46-24-13-14-25(46)19-44(18-24)33-27-17-41-31(26-11-6-9-23-10-7-12-28(39)29(23)26)30(40)32(27)42-34(43-33)48-22-38-15-8-16-45(38)21-37(4,5)20-38/h6-7,9-12,17,24-25H,8,13-16,18-22H2,1-5H3/t24-,25+,38?. The van der Waals surface area contributed by atoms with Crippen molar-refractivity contribution in [3.8, 4) is 17.3 Å². The van der Waals surface area contributed by atoms with Crippen LogP contribution in [0.1, 0.15) is 66.7 Å². The van der Waals surface area contributed by atoms with Gasteiger partial charge in [0.1, 0.15) is 29.2 Å². The third-order valence-electron chi connectivity index (χ3n) is 10.8. The molecule has 9 nitrogen and oxygen atoms in total.